The predicted octanol–water partition coefficient (Wildman–Crippen LogP) is 4.31. The molecule has 3 aromatic rings. The number of esters is 1. The SMILES string of the molecule is C[C@@H]1C[C@@H](Sc2nnc(Cc3ccccc3)n2-c2ccc(Cl)cc2)C(=O)O1. The molecule has 1 aromatic heterocycles. The Kier molecular flexibility index (Phi) is 5.18. The number of hydrogen-bond donors (Lipinski definition) is 0. The lowest BCUT2D eigenvalue weighted by Gasteiger charge is -2.12. The van der Waals surface area contributed by atoms with Crippen LogP contribution in [0.15, 0.2) is 59.8 Å². The number of hydrogen-bond acceptors (Lipinski definition) is 5. The quantitative estimate of drug-likeness (QED) is 0.598. The summed E-state index contributed by atoms with van der Waals surface area (Å²) < 4.78 is 7.27. The second-order valence-electron chi connectivity index (χ2n) is 6.46. The zero-order valence-electron chi connectivity index (χ0n) is 14.7. The van der Waals surface area contributed by atoms with Crippen LogP contribution in [0.1, 0.15) is 24.7 Å². The van der Waals surface area contributed by atoms with E-state index in [1.807, 2.05) is 54.0 Å². The Bertz CT molecular complexity index is 944. The van der Waals surface area contributed by atoms with Crippen LogP contribution in [-0.4, -0.2) is 32.1 Å². The minimum Gasteiger partial charge on any atom is -0.462 e. The lowest BCUT2D eigenvalue weighted by molar-refractivity contribution is -0.140. The van der Waals surface area contributed by atoms with Gasteiger partial charge in [0.15, 0.2) is 5.16 Å². The summed E-state index contributed by atoms with van der Waals surface area (Å²) in [6.07, 6.45) is 1.25. The zero-order valence-corrected chi connectivity index (χ0v) is 16.3. The highest BCUT2D eigenvalue weighted by Crippen LogP contribution is 2.33. The fourth-order valence-corrected chi connectivity index (χ4v) is 4.37. The van der Waals surface area contributed by atoms with Crippen LogP contribution in [0.3, 0.4) is 0 Å². The van der Waals surface area contributed by atoms with Crippen molar-refractivity contribution in [2.75, 3.05) is 0 Å². The van der Waals surface area contributed by atoms with E-state index >= 15 is 0 Å². The normalized spacial score (nSPS) is 19.3. The number of thioether (sulfide) groups is 1. The highest BCUT2D eigenvalue weighted by Gasteiger charge is 2.34. The monoisotopic (exact) mass is 399 g/mol. The van der Waals surface area contributed by atoms with Gasteiger partial charge < -0.3 is 4.74 Å². The molecule has 138 valence electrons. The molecule has 27 heavy (non-hydrogen) atoms. The van der Waals surface area contributed by atoms with Crippen molar-refractivity contribution in [3.8, 4) is 5.69 Å². The van der Waals surface area contributed by atoms with E-state index in [1.165, 1.54) is 11.8 Å². The largest absolute Gasteiger partial charge is 0.462 e. The van der Waals surface area contributed by atoms with Crippen LogP contribution >= 0.6 is 23.4 Å². The van der Waals surface area contributed by atoms with Gasteiger partial charge in [-0.05, 0) is 36.8 Å². The Hall–Kier alpha value is -2.31. The molecule has 4 rings (SSSR count). The van der Waals surface area contributed by atoms with E-state index in [1.54, 1.807) is 0 Å². The molecule has 2 atom stereocenters. The molecule has 2 heterocycles. The first kappa shape index (κ1) is 18.1. The van der Waals surface area contributed by atoms with E-state index in [9.17, 15) is 4.79 Å². The third-order valence-electron chi connectivity index (χ3n) is 4.36. The van der Waals surface area contributed by atoms with Crippen molar-refractivity contribution in [3.05, 3.63) is 71.0 Å². The van der Waals surface area contributed by atoms with E-state index in [0.29, 0.717) is 23.0 Å². The summed E-state index contributed by atoms with van der Waals surface area (Å²) in [7, 11) is 0. The van der Waals surface area contributed by atoms with Crippen LogP contribution < -0.4 is 0 Å². The first-order valence-corrected chi connectivity index (χ1v) is 9.97. The number of cyclic esters (lactones) is 1. The molecule has 2 aromatic carbocycles. The lowest BCUT2D eigenvalue weighted by atomic mass is 10.1. The molecule has 0 amide bonds. The first-order chi connectivity index (χ1) is 13.1. The van der Waals surface area contributed by atoms with Gasteiger partial charge in [-0.25, -0.2) is 0 Å². The highest BCUT2D eigenvalue weighted by molar-refractivity contribution is 8.00. The van der Waals surface area contributed by atoms with Gasteiger partial charge in [-0.3, -0.25) is 9.36 Å². The maximum atomic E-state index is 12.1. The zero-order chi connectivity index (χ0) is 18.8. The number of benzene rings is 2. The summed E-state index contributed by atoms with van der Waals surface area (Å²) in [6.45, 7) is 1.91. The molecule has 1 aliphatic rings. The minimum absolute atomic E-state index is 0.0642. The van der Waals surface area contributed by atoms with E-state index in [-0.39, 0.29) is 17.3 Å². The van der Waals surface area contributed by atoms with Gasteiger partial charge in [-0.15, -0.1) is 10.2 Å². The summed E-state index contributed by atoms with van der Waals surface area (Å²) in [5.74, 6) is 0.619. The van der Waals surface area contributed by atoms with Crippen molar-refractivity contribution in [2.45, 2.75) is 36.3 Å². The van der Waals surface area contributed by atoms with Gasteiger partial charge in [0.2, 0.25) is 0 Å². The highest BCUT2D eigenvalue weighted by atomic mass is 35.5. The number of rotatable bonds is 5. The molecule has 1 fully saturated rings. The first-order valence-electron chi connectivity index (χ1n) is 8.71. The second-order valence-corrected chi connectivity index (χ2v) is 8.07. The number of nitrogens with zero attached hydrogens (tertiary/aromatic N) is 3. The molecule has 0 N–H and O–H groups in total. The fraction of sp³-hybridized carbons (Fsp3) is 0.250. The fourth-order valence-electron chi connectivity index (χ4n) is 3.06. The second kappa shape index (κ2) is 7.74. The minimum atomic E-state index is -0.264. The Balaban J connectivity index is 1.70. The maximum absolute atomic E-state index is 12.1. The van der Waals surface area contributed by atoms with Crippen molar-refractivity contribution >= 4 is 29.3 Å². The third kappa shape index (κ3) is 4.01. The van der Waals surface area contributed by atoms with E-state index in [0.717, 1.165) is 17.1 Å². The van der Waals surface area contributed by atoms with Crippen LogP contribution in [-0.2, 0) is 16.0 Å². The molecule has 0 saturated carbocycles. The van der Waals surface area contributed by atoms with Gasteiger partial charge in [0.25, 0.3) is 0 Å². The summed E-state index contributed by atoms with van der Waals surface area (Å²) in [4.78, 5) is 12.1. The molecule has 0 spiro atoms. The van der Waals surface area contributed by atoms with Crippen molar-refractivity contribution in [3.63, 3.8) is 0 Å². The average molecular weight is 400 g/mol. The van der Waals surface area contributed by atoms with Crippen molar-refractivity contribution in [1.82, 2.24) is 14.8 Å². The molecule has 5 nitrogen and oxygen atoms in total. The van der Waals surface area contributed by atoms with Crippen molar-refractivity contribution in [2.24, 2.45) is 0 Å². The summed E-state index contributed by atoms with van der Waals surface area (Å²) in [5, 5.41) is 9.85. The molecule has 1 saturated heterocycles. The van der Waals surface area contributed by atoms with E-state index in [2.05, 4.69) is 22.3 Å². The van der Waals surface area contributed by atoms with E-state index in [4.69, 9.17) is 16.3 Å². The van der Waals surface area contributed by atoms with Crippen LogP contribution in [0.5, 0.6) is 0 Å². The number of carbonyl (C=O) groups excluding carboxylic acids is 1. The Morgan fingerprint density at radius 2 is 1.89 bits per heavy atom. The van der Waals surface area contributed by atoms with E-state index < -0.39 is 0 Å². The summed E-state index contributed by atoms with van der Waals surface area (Å²) in [5.41, 5.74) is 2.06. The number of aromatic nitrogens is 3. The Morgan fingerprint density at radius 3 is 2.56 bits per heavy atom. The molecule has 0 radical (unpaired) electrons. The molecule has 7 heteroatoms. The summed E-state index contributed by atoms with van der Waals surface area (Å²) in [6, 6.07) is 17.6. The number of carbonyl (C=O) groups is 1. The molecule has 1 aliphatic heterocycles. The lowest BCUT2D eigenvalue weighted by Crippen LogP contribution is -2.11. The van der Waals surface area contributed by atoms with Crippen LogP contribution in [0.2, 0.25) is 5.02 Å². The Labute approximate surface area is 166 Å². The summed E-state index contributed by atoms with van der Waals surface area (Å²) >= 11 is 7.45. The van der Waals surface area contributed by atoms with Crippen LogP contribution in [0.25, 0.3) is 5.69 Å². The smallest absolute Gasteiger partial charge is 0.319 e. The third-order valence-corrected chi connectivity index (χ3v) is 5.76. The number of ether oxygens (including phenoxy) is 1. The van der Waals surface area contributed by atoms with Gasteiger partial charge in [-0.1, -0.05) is 53.7 Å². The van der Waals surface area contributed by atoms with Crippen LogP contribution in [0.4, 0.5) is 0 Å². The van der Waals surface area contributed by atoms with Crippen molar-refractivity contribution < 1.29 is 9.53 Å². The molecule has 0 unspecified atom stereocenters. The van der Waals surface area contributed by atoms with Gasteiger partial charge in [0.05, 0.1) is 0 Å². The molecular weight excluding hydrogens is 382 g/mol. The maximum Gasteiger partial charge on any atom is 0.319 e. The number of halogens is 1. The van der Waals surface area contributed by atoms with Gasteiger partial charge in [0, 0.05) is 23.6 Å². The van der Waals surface area contributed by atoms with Gasteiger partial charge in [0.1, 0.15) is 17.2 Å². The Morgan fingerprint density at radius 1 is 1.15 bits per heavy atom. The molecular formula is C20H18ClN3O2S. The molecule has 0 aliphatic carbocycles. The topological polar surface area (TPSA) is 57.0 Å². The van der Waals surface area contributed by atoms with Crippen molar-refractivity contribution in [1.29, 1.82) is 0 Å². The van der Waals surface area contributed by atoms with Gasteiger partial charge >= 0.3 is 5.97 Å². The van der Waals surface area contributed by atoms with Gasteiger partial charge in [-0.2, -0.15) is 0 Å². The predicted molar refractivity (Wildman–Crippen MR) is 105 cm³/mol. The molecule has 0 bridgehead atoms. The van der Waals surface area contributed by atoms with Crippen LogP contribution in [0, 0.1) is 0 Å². The standard InChI is InChI=1S/C20H18ClN3O2S/c1-13-11-17(19(25)26-13)27-20-23-22-18(12-14-5-3-2-4-6-14)24(20)16-9-7-15(21)8-10-16/h2-10,13,17H,11-12H2,1H3/t13-,17-/m1/s1. The average Bonchev–Trinajstić information content (AvgIpc) is 3.19.